The predicted octanol–water partition coefficient (Wildman–Crippen LogP) is 3.74. The number of phenolic OH excluding ortho intramolecular Hbond substituents is 2. The molecule has 0 aliphatic rings. The quantitative estimate of drug-likeness (QED) is 0.322. The number of aromatic hydroxyl groups is 2. The van der Waals surface area contributed by atoms with Gasteiger partial charge in [0.05, 0.1) is 0 Å². The van der Waals surface area contributed by atoms with Crippen molar-refractivity contribution in [3.63, 3.8) is 0 Å². The lowest BCUT2D eigenvalue weighted by molar-refractivity contribution is -0.159. The zero-order chi connectivity index (χ0) is 25.5. The Hall–Kier alpha value is -3.10. The fraction of sp³-hybridized carbons (Fsp3) is 0.462. The number of nitrogens with one attached hydrogen (secondary N) is 2. The highest BCUT2D eigenvalue weighted by molar-refractivity contribution is 5.78. The normalized spacial score (nSPS) is 13.7. The maximum atomic E-state index is 12.8. The molecule has 0 spiro atoms. The van der Waals surface area contributed by atoms with Gasteiger partial charge in [0.2, 0.25) is 0 Å². The van der Waals surface area contributed by atoms with Crippen LogP contribution in [0.3, 0.4) is 0 Å². The fourth-order valence-electron chi connectivity index (χ4n) is 3.16. The van der Waals surface area contributed by atoms with Gasteiger partial charge in [-0.15, -0.1) is 0 Å². The van der Waals surface area contributed by atoms with Crippen LogP contribution in [0, 0.1) is 0 Å². The van der Waals surface area contributed by atoms with Gasteiger partial charge in [-0.1, -0.05) is 24.3 Å². The van der Waals surface area contributed by atoms with Crippen molar-refractivity contribution < 1.29 is 29.3 Å². The van der Waals surface area contributed by atoms with E-state index in [2.05, 4.69) is 10.6 Å². The molecule has 0 saturated heterocycles. The minimum absolute atomic E-state index is 0.0995. The Kier molecular flexibility index (Phi) is 9.06. The van der Waals surface area contributed by atoms with Crippen LogP contribution in [-0.4, -0.2) is 46.4 Å². The second-order valence-corrected chi connectivity index (χ2v) is 10.0. The van der Waals surface area contributed by atoms with Crippen molar-refractivity contribution in [1.82, 2.24) is 10.6 Å². The van der Waals surface area contributed by atoms with Crippen LogP contribution in [0.4, 0.5) is 0 Å². The molecule has 8 heteroatoms. The first-order valence-electron chi connectivity index (χ1n) is 11.3. The topological polar surface area (TPSA) is 117 Å². The summed E-state index contributed by atoms with van der Waals surface area (Å²) in [6.45, 7) is 11.4. The minimum atomic E-state index is -0.754. The third-order valence-electron chi connectivity index (χ3n) is 4.56. The number of hydrogen-bond acceptors (Lipinski definition) is 8. The first-order chi connectivity index (χ1) is 15.7. The van der Waals surface area contributed by atoms with Crippen LogP contribution in [0.25, 0.3) is 0 Å². The van der Waals surface area contributed by atoms with Crippen LogP contribution < -0.4 is 10.6 Å². The van der Waals surface area contributed by atoms with Gasteiger partial charge in [-0.2, -0.15) is 0 Å². The van der Waals surface area contributed by atoms with Crippen molar-refractivity contribution >= 4 is 11.9 Å². The Bertz CT molecular complexity index is 864. The Morgan fingerprint density at radius 1 is 0.676 bits per heavy atom. The molecule has 2 unspecified atom stereocenters. The number of carbonyl (C=O) groups excluding carboxylic acids is 2. The molecule has 0 amide bonds. The maximum absolute atomic E-state index is 12.8. The Morgan fingerprint density at radius 2 is 0.971 bits per heavy atom. The van der Waals surface area contributed by atoms with Gasteiger partial charge in [0, 0.05) is 13.1 Å². The van der Waals surface area contributed by atoms with Gasteiger partial charge in [-0.25, -0.2) is 9.59 Å². The van der Waals surface area contributed by atoms with Crippen molar-refractivity contribution in [1.29, 1.82) is 0 Å². The number of benzene rings is 2. The number of rotatable bonds is 9. The molecule has 0 heterocycles. The lowest BCUT2D eigenvalue weighted by Gasteiger charge is -2.26. The average molecular weight is 473 g/mol. The number of phenols is 2. The summed E-state index contributed by atoms with van der Waals surface area (Å²) in [7, 11) is 0. The Labute approximate surface area is 201 Å². The Morgan fingerprint density at radius 3 is 1.24 bits per heavy atom. The van der Waals surface area contributed by atoms with Gasteiger partial charge in [-0.3, -0.25) is 10.6 Å². The van der Waals surface area contributed by atoms with E-state index in [1.807, 2.05) is 0 Å². The molecule has 0 radical (unpaired) electrons. The Balaban J connectivity index is 2.11. The number of ether oxygens (including phenoxy) is 2. The predicted molar refractivity (Wildman–Crippen MR) is 129 cm³/mol. The molecule has 2 atom stereocenters. The smallest absolute Gasteiger partial charge is 0.328 e. The van der Waals surface area contributed by atoms with Gasteiger partial charge in [0.1, 0.15) is 34.8 Å². The molecule has 0 bridgehead atoms. The minimum Gasteiger partial charge on any atom is -0.508 e. The molecule has 0 aliphatic carbocycles. The summed E-state index contributed by atoms with van der Waals surface area (Å²) in [4.78, 5) is 25.7. The molecule has 2 aromatic rings. The maximum Gasteiger partial charge on any atom is 0.328 e. The molecular weight excluding hydrogens is 436 g/mol. The van der Waals surface area contributed by atoms with E-state index in [-0.39, 0.29) is 11.5 Å². The molecule has 4 N–H and O–H groups in total. The van der Waals surface area contributed by atoms with E-state index in [1.165, 1.54) is 24.3 Å². The number of hydrogen-bond donors (Lipinski definition) is 4. The molecule has 0 aromatic heterocycles. The summed E-state index contributed by atoms with van der Waals surface area (Å²) in [5.74, 6) is -0.689. The summed E-state index contributed by atoms with van der Waals surface area (Å²) < 4.78 is 11.1. The molecule has 0 fully saturated rings. The molecule has 186 valence electrons. The van der Waals surface area contributed by atoms with Crippen molar-refractivity contribution in [2.24, 2.45) is 0 Å². The third kappa shape index (κ3) is 9.03. The lowest BCUT2D eigenvalue weighted by atomic mass is 10.1. The van der Waals surface area contributed by atoms with Gasteiger partial charge in [0.15, 0.2) is 0 Å². The van der Waals surface area contributed by atoms with Crippen LogP contribution in [0.15, 0.2) is 48.5 Å². The van der Waals surface area contributed by atoms with E-state index in [4.69, 9.17) is 9.47 Å². The summed E-state index contributed by atoms with van der Waals surface area (Å²) in [6.07, 6.45) is 0. The van der Waals surface area contributed by atoms with Crippen LogP contribution in [0.2, 0.25) is 0 Å². The second-order valence-electron chi connectivity index (χ2n) is 10.0. The highest BCUT2D eigenvalue weighted by atomic mass is 16.6. The first kappa shape index (κ1) is 27.1. The molecule has 2 aromatic carbocycles. The van der Waals surface area contributed by atoms with Crippen LogP contribution >= 0.6 is 0 Å². The molecule has 8 nitrogen and oxygen atoms in total. The highest BCUT2D eigenvalue weighted by Crippen LogP contribution is 2.22. The van der Waals surface area contributed by atoms with Crippen molar-refractivity contribution in [2.75, 3.05) is 13.1 Å². The summed E-state index contributed by atoms with van der Waals surface area (Å²) in [5, 5.41) is 25.5. The average Bonchev–Trinajstić information content (AvgIpc) is 2.70. The van der Waals surface area contributed by atoms with E-state index in [0.717, 1.165) is 0 Å². The van der Waals surface area contributed by atoms with Crippen LogP contribution in [0.1, 0.15) is 64.8 Å². The summed E-state index contributed by atoms with van der Waals surface area (Å²) >= 11 is 0. The van der Waals surface area contributed by atoms with Gasteiger partial charge in [-0.05, 0) is 76.9 Å². The van der Waals surface area contributed by atoms with Crippen molar-refractivity contribution in [3.05, 3.63) is 59.7 Å². The molecular formula is C26H36N2O6. The standard InChI is InChI=1S/C26H36N2O6/c1-25(2,3)33-23(31)21(17-7-11-19(29)12-8-17)27-15-16-28-22(24(32)34-26(4,5)6)18-9-13-20(30)14-10-18/h7-14,21-22,27-30H,15-16H2,1-6H3. The van der Waals surface area contributed by atoms with Crippen LogP contribution in [-0.2, 0) is 19.1 Å². The molecule has 2 rings (SSSR count). The highest BCUT2D eigenvalue weighted by Gasteiger charge is 2.28. The zero-order valence-electron chi connectivity index (χ0n) is 20.7. The lowest BCUT2D eigenvalue weighted by Crippen LogP contribution is -2.40. The van der Waals surface area contributed by atoms with E-state index < -0.39 is 35.2 Å². The van der Waals surface area contributed by atoms with Crippen molar-refractivity contribution in [3.8, 4) is 11.5 Å². The summed E-state index contributed by atoms with van der Waals surface area (Å²) in [6, 6.07) is 11.2. The monoisotopic (exact) mass is 472 g/mol. The zero-order valence-corrected chi connectivity index (χ0v) is 20.7. The van der Waals surface area contributed by atoms with E-state index in [9.17, 15) is 19.8 Å². The van der Waals surface area contributed by atoms with E-state index in [0.29, 0.717) is 24.2 Å². The van der Waals surface area contributed by atoms with E-state index in [1.54, 1.807) is 65.8 Å². The van der Waals surface area contributed by atoms with Gasteiger partial charge in [0.25, 0.3) is 0 Å². The van der Waals surface area contributed by atoms with Gasteiger partial charge >= 0.3 is 11.9 Å². The largest absolute Gasteiger partial charge is 0.508 e. The molecule has 0 saturated carbocycles. The van der Waals surface area contributed by atoms with E-state index >= 15 is 0 Å². The fourth-order valence-corrected chi connectivity index (χ4v) is 3.16. The summed E-state index contributed by atoms with van der Waals surface area (Å²) in [5.41, 5.74) is -0.0248. The SMILES string of the molecule is CC(C)(C)OC(=O)C(NCCNC(C(=O)OC(C)(C)C)c1ccc(O)cc1)c1ccc(O)cc1. The second kappa shape index (κ2) is 11.4. The molecule has 34 heavy (non-hydrogen) atoms. The van der Waals surface area contributed by atoms with Crippen LogP contribution in [0.5, 0.6) is 11.5 Å². The molecule has 0 aliphatic heterocycles. The van der Waals surface area contributed by atoms with Gasteiger partial charge < -0.3 is 19.7 Å². The third-order valence-corrected chi connectivity index (χ3v) is 4.56. The number of carbonyl (C=O) groups is 2. The number of esters is 2. The van der Waals surface area contributed by atoms with Crippen molar-refractivity contribution in [2.45, 2.75) is 64.8 Å². The first-order valence-corrected chi connectivity index (χ1v) is 11.3.